The molecule has 25 heavy (non-hydrogen) atoms. The molecule has 0 amide bonds. The standard InChI is InChI=1S/C21H23NO3/c1-3-24-21(23)20-17(16-10-5-6-12-18(16)22-20)11-8-14-25-19-13-7-4-9-15(19)2/h4-7,9-10,12-13,22H,3,8,11,14H2,1-2H3. The van der Waals surface area contributed by atoms with Crippen LogP contribution in [0.25, 0.3) is 10.9 Å². The monoisotopic (exact) mass is 337 g/mol. The molecule has 1 aromatic heterocycles. The molecule has 1 N–H and O–H groups in total. The fourth-order valence-electron chi connectivity index (χ4n) is 2.99. The number of carbonyl (C=O) groups is 1. The van der Waals surface area contributed by atoms with Crippen LogP contribution in [0.5, 0.6) is 5.75 Å². The lowest BCUT2D eigenvalue weighted by atomic mass is 10.1. The number of ether oxygens (including phenoxy) is 2. The van der Waals surface area contributed by atoms with Crippen LogP contribution in [0.3, 0.4) is 0 Å². The molecule has 4 heteroatoms. The highest BCUT2D eigenvalue weighted by molar-refractivity contribution is 5.98. The maximum absolute atomic E-state index is 12.2. The van der Waals surface area contributed by atoms with Gasteiger partial charge in [-0.25, -0.2) is 4.79 Å². The average Bonchev–Trinajstić information content (AvgIpc) is 2.99. The number of aryl methyl sites for hydroxylation is 2. The Labute approximate surface area is 147 Å². The first-order valence-electron chi connectivity index (χ1n) is 8.66. The van der Waals surface area contributed by atoms with Crippen LogP contribution in [0.4, 0.5) is 0 Å². The van der Waals surface area contributed by atoms with Crippen molar-refractivity contribution in [2.45, 2.75) is 26.7 Å². The molecule has 0 saturated carbocycles. The summed E-state index contributed by atoms with van der Waals surface area (Å²) in [7, 11) is 0. The summed E-state index contributed by atoms with van der Waals surface area (Å²) in [6.07, 6.45) is 1.58. The van der Waals surface area contributed by atoms with Crippen LogP contribution < -0.4 is 4.74 Å². The average molecular weight is 337 g/mol. The summed E-state index contributed by atoms with van der Waals surface area (Å²) < 4.78 is 11.1. The molecule has 1 heterocycles. The zero-order valence-electron chi connectivity index (χ0n) is 14.7. The van der Waals surface area contributed by atoms with Gasteiger partial charge in [-0.1, -0.05) is 36.4 Å². The van der Waals surface area contributed by atoms with Crippen LogP contribution in [-0.4, -0.2) is 24.2 Å². The highest BCUT2D eigenvalue weighted by Gasteiger charge is 2.18. The molecule has 0 aliphatic heterocycles. The van der Waals surface area contributed by atoms with E-state index in [4.69, 9.17) is 9.47 Å². The summed E-state index contributed by atoms with van der Waals surface area (Å²) in [5, 5.41) is 1.07. The van der Waals surface area contributed by atoms with Crippen molar-refractivity contribution >= 4 is 16.9 Å². The van der Waals surface area contributed by atoms with E-state index in [1.54, 1.807) is 0 Å². The largest absolute Gasteiger partial charge is 0.493 e. The summed E-state index contributed by atoms with van der Waals surface area (Å²) in [4.78, 5) is 15.5. The number of fused-ring (bicyclic) bond motifs is 1. The molecule has 130 valence electrons. The molecule has 0 fully saturated rings. The lowest BCUT2D eigenvalue weighted by Gasteiger charge is -2.09. The topological polar surface area (TPSA) is 51.3 Å². The van der Waals surface area contributed by atoms with Crippen LogP contribution >= 0.6 is 0 Å². The highest BCUT2D eigenvalue weighted by Crippen LogP contribution is 2.25. The van der Waals surface area contributed by atoms with Crippen molar-refractivity contribution in [3.05, 3.63) is 65.4 Å². The molecular formula is C21H23NO3. The van der Waals surface area contributed by atoms with Gasteiger partial charge in [0.25, 0.3) is 0 Å². The Morgan fingerprint density at radius 2 is 1.84 bits per heavy atom. The Morgan fingerprint density at radius 3 is 2.64 bits per heavy atom. The van der Waals surface area contributed by atoms with Crippen molar-refractivity contribution in [2.24, 2.45) is 0 Å². The number of hydrogen-bond donors (Lipinski definition) is 1. The number of carbonyl (C=O) groups excluding carboxylic acids is 1. The number of nitrogens with one attached hydrogen (secondary N) is 1. The van der Waals surface area contributed by atoms with Crippen molar-refractivity contribution < 1.29 is 14.3 Å². The van der Waals surface area contributed by atoms with E-state index >= 15 is 0 Å². The van der Waals surface area contributed by atoms with Gasteiger partial charge in [0.05, 0.1) is 13.2 Å². The zero-order chi connectivity index (χ0) is 17.6. The van der Waals surface area contributed by atoms with E-state index in [0.717, 1.165) is 40.6 Å². The van der Waals surface area contributed by atoms with Crippen molar-refractivity contribution in [3.63, 3.8) is 0 Å². The number of benzene rings is 2. The van der Waals surface area contributed by atoms with Gasteiger partial charge in [0.1, 0.15) is 11.4 Å². The van der Waals surface area contributed by atoms with Gasteiger partial charge >= 0.3 is 5.97 Å². The molecule has 0 unspecified atom stereocenters. The Bertz CT molecular complexity index is 866. The van der Waals surface area contributed by atoms with Gasteiger partial charge in [-0.05, 0) is 49.9 Å². The maximum Gasteiger partial charge on any atom is 0.355 e. The fourth-order valence-corrected chi connectivity index (χ4v) is 2.99. The van der Waals surface area contributed by atoms with Gasteiger partial charge in [-0.3, -0.25) is 0 Å². The van der Waals surface area contributed by atoms with E-state index in [0.29, 0.717) is 18.9 Å². The summed E-state index contributed by atoms with van der Waals surface area (Å²) in [6, 6.07) is 15.9. The number of aromatic nitrogens is 1. The third-order valence-electron chi connectivity index (χ3n) is 4.22. The first-order valence-corrected chi connectivity index (χ1v) is 8.66. The predicted molar refractivity (Wildman–Crippen MR) is 99.3 cm³/mol. The van der Waals surface area contributed by atoms with E-state index in [-0.39, 0.29) is 5.97 Å². The number of para-hydroxylation sites is 2. The molecular weight excluding hydrogens is 314 g/mol. The second kappa shape index (κ2) is 7.88. The minimum atomic E-state index is -0.298. The minimum Gasteiger partial charge on any atom is -0.493 e. The van der Waals surface area contributed by atoms with Crippen LogP contribution in [-0.2, 0) is 11.2 Å². The first-order chi connectivity index (χ1) is 12.2. The summed E-state index contributed by atoms with van der Waals surface area (Å²) in [5.74, 6) is 0.612. The molecule has 4 nitrogen and oxygen atoms in total. The normalized spacial score (nSPS) is 10.8. The highest BCUT2D eigenvalue weighted by atomic mass is 16.5. The molecule has 0 saturated heterocycles. The number of H-pyrrole nitrogens is 1. The van der Waals surface area contributed by atoms with Crippen LogP contribution in [0.2, 0.25) is 0 Å². The Morgan fingerprint density at radius 1 is 1.08 bits per heavy atom. The minimum absolute atomic E-state index is 0.298. The van der Waals surface area contributed by atoms with Gasteiger partial charge in [0.2, 0.25) is 0 Å². The summed E-state index contributed by atoms with van der Waals surface area (Å²) in [6.45, 7) is 4.82. The zero-order valence-corrected chi connectivity index (χ0v) is 14.7. The van der Waals surface area contributed by atoms with E-state index < -0.39 is 0 Å². The lowest BCUT2D eigenvalue weighted by molar-refractivity contribution is 0.0519. The lowest BCUT2D eigenvalue weighted by Crippen LogP contribution is -2.09. The number of rotatable bonds is 7. The van der Waals surface area contributed by atoms with Gasteiger partial charge in [0.15, 0.2) is 0 Å². The van der Waals surface area contributed by atoms with Crippen molar-refractivity contribution in [2.75, 3.05) is 13.2 Å². The van der Waals surface area contributed by atoms with Crippen LogP contribution in [0.1, 0.15) is 35.0 Å². The summed E-state index contributed by atoms with van der Waals surface area (Å²) >= 11 is 0. The Kier molecular flexibility index (Phi) is 5.39. The van der Waals surface area contributed by atoms with Gasteiger partial charge < -0.3 is 14.5 Å². The van der Waals surface area contributed by atoms with E-state index in [1.165, 1.54) is 0 Å². The van der Waals surface area contributed by atoms with Crippen molar-refractivity contribution in [1.29, 1.82) is 0 Å². The molecule has 0 aliphatic rings. The molecule has 0 bridgehead atoms. The van der Waals surface area contributed by atoms with E-state index in [2.05, 4.69) is 4.98 Å². The third kappa shape index (κ3) is 3.85. The van der Waals surface area contributed by atoms with Gasteiger partial charge in [-0.15, -0.1) is 0 Å². The third-order valence-corrected chi connectivity index (χ3v) is 4.22. The van der Waals surface area contributed by atoms with E-state index in [9.17, 15) is 4.79 Å². The second-order valence-electron chi connectivity index (χ2n) is 5.96. The molecule has 0 radical (unpaired) electrons. The number of esters is 1. The quantitative estimate of drug-likeness (QED) is 0.504. The number of hydrogen-bond acceptors (Lipinski definition) is 3. The Balaban J connectivity index is 1.72. The van der Waals surface area contributed by atoms with Gasteiger partial charge in [-0.2, -0.15) is 0 Å². The molecule has 2 aromatic carbocycles. The molecule has 3 aromatic rings. The van der Waals surface area contributed by atoms with Crippen molar-refractivity contribution in [1.82, 2.24) is 4.98 Å². The Hall–Kier alpha value is -2.75. The van der Waals surface area contributed by atoms with E-state index in [1.807, 2.05) is 62.4 Å². The van der Waals surface area contributed by atoms with Crippen LogP contribution in [0, 0.1) is 6.92 Å². The first kappa shape index (κ1) is 17.1. The molecule has 0 aliphatic carbocycles. The summed E-state index contributed by atoms with van der Waals surface area (Å²) in [5.41, 5.74) is 3.64. The molecule has 3 rings (SSSR count). The SMILES string of the molecule is CCOC(=O)c1[nH]c2ccccc2c1CCCOc1ccccc1C. The van der Waals surface area contributed by atoms with Crippen LogP contribution in [0.15, 0.2) is 48.5 Å². The smallest absolute Gasteiger partial charge is 0.355 e. The number of aromatic amines is 1. The maximum atomic E-state index is 12.2. The second-order valence-corrected chi connectivity index (χ2v) is 5.96. The van der Waals surface area contributed by atoms with Gasteiger partial charge in [0, 0.05) is 10.9 Å². The molecule has 0 atom stereocenters. The predicted octanol–water partition coefficient (Wildman–Crippen LogP) is 4.66. The fraction of sp³-hybridized carbons (Fsp3) is 0.286. The molecule has 0 spiro atoms. The van der Waals surface area contributed by atoms with Crippen molar-refractivity contribution in [3.8, 4) is 5.75 Å².